The monoisotopic (exact) mass is 244 g/mol. The van der Waals surface area contributed by atoms with Gasteiger partial charge in [0.15, 0.2) is 0 Å². The fourth-order valence-electron chi connectivity index (χ4n) is 2.02. The quantitative estimate of drug-likeness (QED) is 0.776. The van der Waals surface area contributed by atoms with Crippen LogP contribution in [0, 0.1) is 0 Å². The van der Waals surface area contributed by atoms with E-state index in [4.69, 9.17) is 4.74 Å². The average molecular weight is 244 g/mol. The maximum atomic E-state index is 12.0. The summed E-state index contributed by atoms with van der Waals surface area (Å²) in [7, 11) is 1.86. The summed E-state index contributed by atoms with van der Waals surface area (Å²) in [5.41, 5.74) is -0.488. The van der Waals surface area contributed by atoms with Crippen molar-refractivity contribution in [1.29, 1.82) is 0 Å². The van der Waals surface area contributed by atoms with E-state index in [1.807, 2.05) is 27.8 Å². The van der Waals surface area contributed by atoms with Crippen LogP contribution in [-0.4, -0.2) is 54.0 Å². The van der Waals surface area contributed by atoms with Crippen molar-refractivity contribution in [3.63, 3.8) is 0 Å². The number of nitrogens with one attached hydrogen (secondary N) is 1. The lowest BCUT2D eigenvalue weighted by Gasteiger charge is -2.29. The smallest absolute Gasteiger partial charge is 0.410 e. The number of carbonyl (C=O) groups is 1. The third-order valence-corrected chi connectivity index (χ3v) is 2.83. The van der Waals surface area contributed by atoms with E-state index in [1.54, 1.807) is 4.90 Å². The second kappa shape index (κ2) is 5.69. The second-order valence-electron chi connectivity index (χ2n) is 5.49. The summed E-state index contributed by atoms with van der Waals surface area (Å²) in [6.07, 6.45) is 0.621. The Hall–Kier alpha value is -0.810. The van der Waals surface area contributed by atoms with Gasteiger partial charge in [-0.3, -0.25) is 0 Å². The molecule has 2 N–H and O–H groups in total. The summed E-state index contributed by atoms with van der Waals surface area (Å²) < 4.78 is 5.34. The topological polar surface area (TPSA) is 61.8 Å². The summed E-state index contributed by atoms with van der Waals surface area (Å²) >= 11 is 0. The number of rotatable bonds is 3. The Balaban J connectivity index is 2.59. The summed E-state index contributed by atoms with van der Waals surface area (Å²) in [6.45, 7) is 6.89. The number of aliphatic hydroxyl groups excluding tert-OH is 1. The van der Waals surface area contributed by atoms with Crippen molar-refractivity contribution >= 4 is 6.09 Å². The third kappa shape index (κ3) is 4.16. The lowest BCUT2D eigenvalue weighted by Crippen LogP contribution is -2.43. The number of hydrogen-bond donors (Lipinski definition) is 2. The van der Waals surface area contributed by atoms with Gasteiger partial charge in [-0.05, 0) is 47.2 Å². The Kier molecular flexibility index (Phi) is 4.77. The van der Waals surface area contributed by atoms with Crippen molar-refractivity contribution in [1.82, 2.24) is 10.2 Å². The van der Waals surface area contributed by atoms with Gasteiger partial charge in [-0.25, -0.2) is 4.79 Å². The molecule has 0 spiro atoms. The molecule has 5 heteroatoms. The minimum Gasteiger partial charge on any atom is -0.444 e. The first-order valence-corrected chi connectivity index (χ1v) is 6.17. The average Bonchev–Trinajstić information content (AvgIpc) is 2.54. The molecule has 0 aromatic carbocycles. The van der Waals surface area contributed by atoms with Crippen LogP contribution in [0.25, 0.3) is 0 Å². The van der Waals surface area contributed by atoms with E-state index in [2.05, 4.69) is 5.32 Å². The van der Waals surface area contributed by atoms with Crippen molar-refractivity contribution in [2.75, 3.05) is 20.1 Å². The minimum absolute atomic E-state index is 0.128. The first-order chi connectivity index (χ1) is 7.85. The van der Waals surface area contributed by atoms with Crippen LogP contribution in [0.3, 0.4) is 0 Å². The van der Waals surface area contributed by atoms with E-state index in [0.29, 0.717) is 13.0 Å². The molecule has 0 radical (unpaired) electrons. The molecule has 1 heterocycles. The highest BCUT2D eigenvalue weighted by atomic mass is 16.6. The van der Waals surface area contributed by atoms with Crippen LogP contribution in [0.15, 0.2) is 0 Å². The van der Waals surface area contributed by atoms with Crippen molar-refractivity contribution in [2.24, 2.45) is 0 Å². The normalized spacial score (nSPS) is 25.1. The lowest BCUT2D eigenvalue weighted by molar-refractivity contribution is 0.0146. The molecule has 100 valence electrons. The van der Waals surface area contributed by atoms with E-state index >= 15 is 0 Å². The van der Waals surface area contributed by atoms with E-state index in [0.717, 1.165) is 13.0 Å². The molecule has 0 bridgehead atoms. The predicted molar refractivity (Wildman–Crippen MR) is 65.9 cm³/mol. The third-order valence-electron chi connectivity index (χ3n) is 2.83. The molecular weight excluding hydrogens is 220 g/mol. The molecule has 0 aromatic heterocycles. The van der Waals surface area contributed by atoms with Crippen LogP contribution in [-0.2, 0) is 4.74 Å². The minimum atomic E-state index is -0.488. The van der Waals surface area contributed by atoms with Gasteiger partial charge >= 0.3 is 6.09 Å². The first-order valence-electron chi connectivity index (χ1n) is 6.17. The molecule has 1 amide bonds. The maximum absolute atomic E-state index is 12.0. The molecule has 1 aliphatic rings. The molecule has 1 fully saturated rings. The molecule has 0 saturated carbocycles. The van der Waals surface area contributed by atoms with E-state index in [-0.39, 0.29) is 12.1 Å². The highest BCUT2D eigenvalue weighted by Gasteiger charge is 2.37. The van der Waals surface area contributed by atoms with Gasteiger partial charge < -0.3 is 20.1 Å². The SMILES string of the molecule is CNCCC1C(O)CCN1C(=O)OC(C)(C)C. The molecule has 0 aliphatic carbocycles. The lowest BCUT2D eigenvalue weighted by atomic mass is 10.1. The summed E-state index contributed by atoms with van der Waals surface area (Å²) in [6, 6.07) is -0.128. The van der Waals surface area contributed by atoms with Crippen molar-refractivity contribution in [3.05, 3.63) is 0 Å². The number of ether oxygens (including phenoxy) is 1. The predicted octanol–water partition coefficient (Wildman–Crippen LogP) is 0.966. The van der Waals surface area contributed by atoms with Crippen LogP contribution in [0.1, 0.15) is 33.6 Å². The zero-order valence-corrected chi connectivity index (χ0v) is 11.2. The Morgan fingerprint density at radius 3 is 2.71 bits per heavy atom. The van der Waals surface area contributed by atoms with Crippen LogP contribution in [0.2, 0.25) is 0 Å². The van der Waals surface area contributed by atoms with Gasteiger partial charge in [-0.2, -0.15) is 0 Å². The van der Waals surface area contributed by atoms with E-state index < -0.39 is 11.7 Å². The molecule has 17 heavy (non-hydrogen) atoms. The standard InChI is InChI=1S/C12H24N2O3/c1-12(2,3)17-11(16)14-8-6-10(15)9(14)5-7-13-4/h9-10,13,15H,5-8H2,1-4H3. The molecule has 2 unspecified atom stereocenters. The van der Waals surface area contributed by atoms with Gasteiger partial charge in [0.1, 0.15) is 5.60 Å². The van der Waals surface area contributed by atoms with Gasteiger partial charge in [0.25, 0.3) is 0 Å². The fraction of sp³-hybridized carbons (Fsp3) is 0.917. The number of likely N-dealkylation sites (tertiary alicyclic amines) is 1. The zero-order chi connectivity index (χ0) is 13.1. The van der Waals surface area contributed by atoms with Gasteiger partial charge in [0.2, 0.25) is 0 Å². The van der Waals surface area contributed by atoms with Crippen LogP contribution in [0.4, 0.5) is 4.79 Å². The fourth-order valence-corrected chi connectivity index (χ4v) is 2.02. The van der Waals surface area contributed by atoms with Crippen LogP contribution >= 0.6 is 0 Å². The van der Waals surface area contributed by atoms with Crippen molar-refractivity contribution in [2.45, 2.75) is 51.4 Å². The number of nitrogens with zero attached hydrogens (tertiary/aromatic N) is 1. The van der Waals surface area contributed by atoms with Gasteiger partial charge in [0, 0.05) is 6.54 Å². The zero-order valence-electron chi connectivity index (χ0n) is 11.2. The number of hydrogen-bond acceptors (Lipinski definition) is 4. The number of aliphatic hydroxyl groups is 1. The summed E-state index contributed by atoms with van der Waals surface area (Å²) in [5, 5.41) is 12.9. The van der Waals surface area contributed by atoms with Crippen molar-refractivity contribution < 1.29 is 14.6 Å². The summed E-state index contributed by atoms with van der Waals surface area (Å²) in [4.78, 5) is 13.6. The highest BCUT2D eigenvalue weighted by Crippen LogP contribution is 2.23. The molecule has 1 saturated heterocycles. The molecule has 1 rings (SSSR count). The first kappa shape index (κ1) is 14.3. The largest absolute Gasteiger partial charge is 0.444 e. The van der Waals surface area contributed by atoms with E-state index in [1.165, 1.54) is 0 Å². The number of carbonyl (C=O) groups excluding carboxylic acids is 1. The highest BCUT2D eigenvalue weighted by molar-refractivity contribution is 5.69. The molecule has 5 nitrogen and oxygen atoms in total. The Morgan fingerprint density at radius 2 is 2.18 bits per heavy atom. The Morgan fingerprint density at radius 1 is 1.53 bits per heavy atom. The Labute approximate surface area is 103 Å². The molecule has 2 atom stereocenters. The van der Waals surface area contributed by atoms with Crippen LogP contribution < -0.4 is 5.32 Å². The molecular formula is C12H24N2O3. The van der Waals surface area contributed by atoms with Crippen molar-refractivity contribution in [3.8, 4) is 0 Å². The number of amides is 1. The Bertz CT molecular complexity index is 263. The second-order valence-corrected chi connectivity index (χ2v) is 5.49. The molecule has 1 aliphatic heterocycles. The summed E-state index contributed by atoms with van der Waals surface area (Å²) in [5.74, 6) is 0. The van der Waals surface area contributed by atoms with Crippen LogP contribution in [0.5, 0.6) is 0 Å². The van der Waals surface area contributed by atoms with Gasteiger partial charge in [-0.1, -0.05) is 0 Å². The van der Waals surface area contributed by atoms with Gasteiger partial charge in [-0.15, -0.1) is 0 Å². The molecule has 0 aromatic rings. The maximum Gasteiger partial charge on any atom is 0.410 e. The van der Waals surface area contributed by atoms with E-state index in [9.17, 15) is 9.90 Å². The van der Waals surface area contributed by atoms with Gasteiger partial charge in [0.05, 0.1) is 12.1 Å².